The van der Waals surface area contributed by atoms with E-state index in [9.17, 15) is 24.5 Å². The summed E-state index contributed by atoms with van der Waals surface area (Å²) in [5.41, 5.74) is 0.840. The van der Waals surface area contributed by atoms with Crippen LogP contribution in [0.15, 0.2) is 42.5 Å². The lowest BCUT2D eigenvalue weighted by molar-refractivity contribution is -0.121. The van der Waals surface area contributed by atoms with Crippen LogP contribution in [-0.4, -0.2) is 45.4 Å². The first-order valence-corrected chi connectivity index (χ1v) is 12.8. The standard InChI is InChI=1S/C24H33O5P/c1-2-30(28,29)17-9-4-3-8-12-21-22(24(27)18-23(21)26)16-15-20(25)14-13-19-10-6-5-7-11-19/h3,5-8,10-11,20-22,24-25,27H,2,4,9,12,15-18H2,1H3,(H,28,29)/b8-3+/t20-,21+,22+,24+/m0/s1. The van der Waals surface area contributed by atoms with Crippen molar-refractivity contribution >= 4 is 13.2 Å². The third-order valence-corrected chi connectivity index (χ3v) is 7.70. The third-order valence-electron chi connectivity index (χ3n) is 5.69. The number of rotatable bonds is 10. The van der Waals surface area contributed by atoms with Crippen molar-refractivity contribution in [1.29, 1.82) is 0 Å². The molecule has 2 rings (SSSR count). The molecule has 1 fully saturated rings. The molecule has 1 aliphatic rings. The van der Waals surface area contributed by atoms with Crippen LogP contribution in [0.1, 0.15) is 51.0 Å². The zero-order valence-electron chi connectivity index (χ0n) is 17.6. The molecule has 0 saturated heterocycles. The van der Waals surface area contributed by atoms with E-state index in [1.807, 2.05) is 42.5 Å². The Labute approximate surface area is 179 Å². The van der Waals surface area contributed by atoms with Gasteiger partial charge in [0.2, 0.25) is 0 Å². The minimum atomic E-state index is -2.97. The van der Waals surface area contributed by atoms with Gasteiger partial charge in [-0.1, -0.05) is 49.1 Å². The van der Waals surface area contributed by atoms with Gasteiger partial charge in [0.1, 0.15) is 11.9 Å². The van der Waals surface area contributed by atoms with Crippen molar-refractivity contribution in [2.45, 2.75) is 57.7 Å². The number of Topliss-reactive ketones (excluding diaryl/α,β-unsaturated/α-hetero) is 1. The number of unbranched alkanes of at least 4 members (excludes halogenated alkanes) is 1. The van der Waals surface area contributed by atoms with Crippen molar-refractivity contribution in [3.05, 3.63) is 48.0 Å². The molecule has 1 saturated carbocycles. The maximum Gasteiger partial charge on any atom is 0.200 e. The Kier molecular flexibility index (Phi) is 10.0. The number of aliphatic hydroxyl groups is 2. The average molecular weight is 432 g/mol. The van der Waals surface area contributed by atoms with Crippen molar-refractivity contribution in [3.63, 3.8) is 0 Å². The van der Waals surface area contributed by atoms with Crippen LogP contribution in [0.3, 0.4) is 0 Å². The zero-order valence-corrected chi connectivity index (χ0v) is 18.5. The maximum atomic E-state index is 12.3. The minimum absolute atomic E-state index is 0.0628. The van der Waals surface area contributed by atoms with Crippen LogP contribution in [0, 0.1) is 23.7 Å². The lowest BCUT2D eigenvalue weighted by Crippen LogP contribution is -2.22. The van der Waals surface area contributed by atoms with Gasteiger partial charge < -0.3 is 15.1 Å². The van der Waals surface area contributed by atoms with E-state index in [0.717, 1.165) is 5.56 Å². The molecule has 1 aromatic rings. The van der Waals surface area contributed by atoms with Gasteiger partial charge >= 0.3 is 0 Å². The molecule has 0 heterocycles. The number of allylic oxidation sites excluding steroid dienone is 2. The number of carbonyl (C=O) groups excluding carboxylic acids is 1. The van der Waals surface area contributed by atoms with Crippen molar-refractivity contribution in [1.82, 2.24) is 0 Å². The molecule has 1 aliphatic carbocycles. The van der Waals surface area contributed by atoms with Crippen molar-refractivity contribution < 1.29 is 24.5 Å². The predicted molar refractivity (Wildman–Crippen MR) is 119 cm³/mol. The highest BCUT2D eigenvalue weighted by Crippen LogP contribution is 2.40. The van der Waals surface area contributed by atoms with Gasteiger partial charge in [0.15, 0.2) is 7.37 Å². The van der Waals surface area contributed by atoms with Gasteiger partial charge in [-0.15, -0.1) is 0 Å². The Bertz CT molecular complexity index is 808. The summed E-state index contributed by atoms with van der Waals surface area (Å²) >= 11 is 0. The monoisotopic (exact) mass is 432 g/mol. The van der Waals surface area contributed by atoms with Crippen LogP contribution in [0.25, 0.3) is 0 Å². The van der Waals surface area contributed by atoms with E-state index < -0.39 is 19.6 Å². The third kappa shape index (κ3) is 8.20. The topological polar surface area (TPSA) is 94.8 Å². The second-order valence-electron chi connectivity index (χ2n) is 7.97. The van der Waals surface area contributed by atoms with Crippen LogP contribution in [0.4, 0.5) is 0 Å². The summed E-state index contributed by atoms with van der Waals surface area (Å²) in [5, 5.41) is 20.5. The van der Waals surface area contributed by atoms with Crippen molar-refractivity contribution in [2.75, 3.05) is 12.3 Å². The first-order chi connectivity index (χ1) is 14.3. The summed E-state index contributed by atoms with van der Waals surface area (Å²) in [4.78, 5) is 21.9. The number of aliphatic hydroxyl groups excluding tert-OH is 2. The van der Waals surface area contributed by atoms with Gasteiger partial charge in [0, 0.05) is 30.2 Å². The largest absolute Gasteiger partial charge is 0.392 e. The first kappa shape index (κ1) is 24.6. The molecule has 0 aromatic heterocycles. The normalized spacial score (nSPS) is 24.4. The molecule has 6 heteroatoms. The van der Waals surface area contributed by atoms with Gasteiger partial charge in [0.25, 0.3) is 0 Å². The van der Waals surface area contributed by atoms with Gasteiger partial charge in [-0.25, -0.2) is 0 Å². The van der Waals surface area contributed by atoms with Crippen molar-refractivity contribution in [3.8, 4) is 11.8 Å². The molecular formula is C24H33O5P. The molecule has 1 unspecified atom stereocenters. The summed E-state index contributed by atoms with van der Waals surface area (Å²) in [6.45, 7) is 1.72. The molecule has 1 aromatic carbocycles. The summed E-state index contributed by atoms with van der Waals surface area (Å²) in [7, 11) is -2.97. The Hall–Kier alpha value is -1.70. The Morgan fingerprint density at radius 3 is 2.70 bits per heavy atom. The molecule has 164 valence electrons. The van der Waals surface area contributed by atoms with E-state index in [-0.39, 0.29) is 24.0 Å². The minimum Gasteiger partial charge on any atom is -0.392 e. The molecule has 0 radical (unpaired) electrons. The second-order valence-corrected chi connectivity index (χ2v) is 10.7. The van der Waals surface area contributed by atoms with Crippen molar-refractivity contribution in [2.24, 2.45) is 11.8 Å². The number of carbonyl (C=O) groups is 1. The van der Waals surface area contributed by atoms with Gasteiger partial charge in [-0.3, -0.25) is 9.36 Å². The quantitative estimate of drug-likeness (QED) is 0.226. The molecule has 3 N–H and O–H groups in total. The van der Waals surface area contributed by atoms with E-state index in [0.29, 0.717) is 44.4 Å². The van der Waals surface area contributed by atoms with Crippen LogP contribution < -0.4 is 0 Å². The fourth-order valence-corrected chi connectivity index (χ4v) is 4.79. The van der Waals surface area contributed by atoms with E-state index in [2.05, 4.69) is 11.8 Å². The van der Waals surface area contributed by atoms with E-state index >= 15 is 0 Å². The Balaban J connectivity index is 1.81. The molecule has 5 atom stereocenters. The highest BCUT2D eigenvalue weighted by molar-refractivity contribution is 7.57. The zero-order chi connectivity index (χ0) is 22.0. The molecule has 5 nitrogen and oxygen atoms in total. The summed E-state index contributed by atoms with van der Waals surface area (Å²) in [6, 6.07) is 9.44. The number of ketones is 1. The predicted octanol–water partition coefficient (Wildman–Crippen LogP) is 3.76. The van der Waals surface area contributed by atoms with Gasteiger partial charge in [-0.2, -0.15) is 0 Å². The van der Waals surface area contributed by atoms with Gasteiger partial charge in [-0.05, 0) is 50.2 Å². The average Bonchev–Trinajstić information content (AvgIpc) is 3.00. The number of hydrogen-bond donors (Lipinski definition) is 3. The van der Waals surface area contributed by atoms with E-state index in [4.69, 9.17) is 0 Å². The summed E-state index contributed by atoms with van der Waals surface area (Å²) in [6.07, 6.45) is 6.06. The molecule has 30 heavy (non-hydrogen) atoms. The number of benzene rings is 1. The molecular weight excluding hydrogens is 399 g/mol. The fourth-order valence-electron chi connectivity index (χ4n) is 3.80. The summed E-state index contributed by atoms with van der Waals surface area (Å²) < 4.78 is 11.6. The number of hydrogen-bond acceptors (Lipinski definition) is 4. The highest BCUT2D eigenvalue weighted by Gasteiger charge is 2.40. The SMILES string of the molecule is CCP(=O)(O)CCC/C=C/C[C@H]1C(=O)C[C@@H](O)[C@@H]1CC[C@@H](O)C#Cc1ccccc1. The highest BCUT2D eigenvalue weighted by atomic mass is 31.2. The molecule has 0 amide bonds. The second kappa shape index (κ2) is 12.2. The molecule has 0 bridgehead atoms. The Morgan fingerprint density at radius 2 is 2.00 bits per heavy atom. The Morgan fingerprint density at radius 1 is 1.27 bits per heavy atom. The lowest BCUT2D eigenvalue weighted by atomic mass is 9.86. The van der Waals surface area contributed by atoms with Crippen LogP contribution in [0.2, 0.25) is 0 Å². The fraction of sp³-hybridized carbons (Fsp3) is 0.542. The summed E-state index contributed by atoms with van der Waals surface area (Å²) in [5.74, 6) is 5.41. The van der Waals surface area contributed by atoms with E-state index in [1.165, 1.54) is 0 Å². The van der Waals surface area contributed by atoms with Crippen LogP contribution >= 0.6 is 7.37 Å². The van der Waals surface area contributed by atoms with Crippen LogP contribution in [0.5, 0.6) is 0 Å². The molecule has 0 spiro atoms. The van der Waals surface area contributed by atoms with E-state index in [1.54, 1.807) is 6.92 Å². The van der Waals surface area contributed by atoms with Crippen LogP contribution in [-0.2, 0) is 9.36 Å². The first-order valence-electron chi connectivity index (χ1n) is 10.7. The maximum absolute atomic E-state index is 12.3. The molecule has 0 aliphatic heterocycles. The van der Waals surface area contributed by atoms with Gasteiger partial charge in [0.05, 0.1) is 6.10 Å². The lowest BCUT2D eigenvalue weighted by Gasteiger charge is -2.20. The smallest absolute Gasteiger partial charge is 0.200 e.